The Morgan fingerprint density at radius 3 is 2.59 bits per heavy atom. The van der Waals surface area contributed by atoms with Crippen molar-refractivity contribution >= 4 is 16.7 Å². The zero-order valence-electron chi connectivity index (χ0n) is 12.3. The van der Waals surface area contributed by atoms with E-state index in [1.807, 2.05) is 24.3 Å². The molecule has 0 radical (unpaired) electrons. The van der Waals surface area contributed by atoms with Crippen LogP contribution in [0.4, 0.5) is 4.39 Å². The highest BCUT2D eigenvalue weighted by atomic mass is 19.1. The van der Waals surface area contributed by atoms with Crippen LogP contribution in [0, 0.1) is 12.7 Å². The van der Waals surface area contributed by atoms with Crippen molar-refractivity contribution in [3.63, 3.8) is 0 Å². The van der Waals surface area contributed by atoms with Crippen molar-refractivity contribution < 1.29 is 13.9 Å². The third-order valence-electron chi connectivity index (χ3n) is 3.36. The van der Waals surface area contributed by atoms with E-state index in [9.17, 15) is 9.18 Å². The van der Waals surface area contributed by atoms with Gasteiger partial charge < -0.3 is 4.74 Å². The van der Waals surface area contributed by atoms with Crippen LogP contribution in [0.2, 0.25) is 0 Å². The molecule has 1 heterocycles. The predicted octanol–water partition coefficient (Wildman–Crippen LogP) is 3.65. The first-order valence-corrected chi connectivity index (χ1v) is 7.02. The second-order valence-electron chi connectivity index (χ2n) is 4.95. The minimum absolute atomic E-state index is 0.216. The molecule has 5 heteroatoms. The SMILES string of the molecule is CCOC(=O)c1cc(C)nn1-c1cc2ccccc2cc1F. The average Bonchev–Trinajstić information content (AvgIpc) is 2.88. The molecule has 0 aliphatic heterocycles. The van der Waals surface area contributed by atoms with Crippen LogP contribution in [-0.4, -0.2) is 22.4 Å². The Morgan fingerprint density at radius 1 is 1.23 bits per heavy atom. The third kappa shape index (κ3) is 2.45. The van der Waals surface area contributed by atoms with Gasteiger partial charge in [0.2, 0.25) is 0 Å². The number of benzene rings is 2. The van der Waals surface area contributed by atoms with Crippen LogP contribution in [0.15, 0.2) is 42.5 Å². The Balaban J connectivity index is 2.19. The summed E-state index contributed by atoms with van der Waals surface area (Å²) in [5.41, 5.74) is 1.07. The van der Waals surface area contributed by atoms with Gasteiger partial charge in [0.1, 0.15) is 11.5 Å². The van der Waals surface area contributed by atoms with E-state index in [1.165, 1.54) is 10.7 Å². The molecule has 0 atom stereocenters. The Kier molecular flexibility index (Phi) is 3.63. The Hall–Kier alpha value is -2.69. The van der Waals surface area contributed by atoms with Crippen LogP contribution < -0.4 is 0 Å². The average molecular weight is 298 g/mol. The van der Waals surface area contributed by atoms with E-state index >= 15 is 0 Å². The summed E-state index contributed by atoms with van der Waals surface area (Å²) >= 11 is 0. The molecule has 0 saturated carbocycles. The summed E-state index contributed by atoms with van der Waals surface area (Å²) in [6.45, 7) is 3.73. The minimum Gasteiger partial charge on any atom is -0.461 e. The van der Waals surface area contributed by atoms with Crippen molar-refractivity contribution in [3.05, 3.63) is 59.7 Å². The minimum atomic E-state index is -0.518. The standard InChI is InChI=1S/C17H15FN2O2/c1-3-22-17(21)16-8-11(2)19-20(16)15-10-13-7-5-4-6-12(13)9-14(15)18/h4-10H,3H2,1-2H3. The fourth-order valence-electron chi connectivity index (χ4n) is 2.40. The lowest BCUT2D eigenvalue weighted by Crippen LogP contribution is -2.13. The maximum Gasteiger partial charge on any atom is 0.357 e. The van der Waals surface area contributed by atoms with Crippen molar-refractivity contribution in [2.75, 3.05) is 6.61 Å². The molecule has 0 aliphatic rings. The Labute approximate surface area is 127 Å². The predicted molar refractivity (Wildman–Crippen MR) is 81.7 cm³/mol. The van der Waals surface area contributed by atoms with Crippen LogP contribution in [0.1, 0.15) is 23.1 Å². The number of nitrogens with zero attached hydrogens (tertiary/aromatic N) is 2. The van der Waals surface area contributed by atoms with E-state index in [0.717, 1.165) is 10.8 Å². The van der Waals surface area contributed by atoms with Gasteiger partial charge >= 0.3 is 5.97 Å². The van der Waals surface area contributed by atoms with E-state index in [4.69, 9.17) is 4.74 Å². The highest BCUT2D eigenvalue weighted by Gasteiger charge is 2.19. The quantitative estimate of drug-likeness (QED) is 0.693. The molecule has 3 rings (SSSR count). The van der Waals surface area contributed by atoms with Crippen LogP contribution in [-0.2, 0) is 4.74 Å². The maximum absolute atomic E-state index is 14.4. The number of rotatable bonds is 3. The van der Waals surface area contributed by atoms with Gasteiger partial charge in [-0.25, -0.2) is 13.9 Å². The molecule has 0 fully saturated rings. The maximum atomic E-state index is 14.4. The fraction of sp³-hybridized carbons (Fsp3) is 0.176. The highest BCUT2D eigenvalue weighted by molar-refractivity contribution is 5.89. The van der Waals surface area contributed by atoms with Crippen molar-refractivity contribution in [2.45, 2.75) is 13.8 Å². The number of aryl methyl sites for hydroxylation is 1. The number of halogens is 1. The molecule has 0 aliphatic carbocycles. The molecule has 0 amide bonds. The first-order chi connectivity index (χ1) is 10.6. The molecule has 0 saturated heterocycles. The third-order valence-corrected chi connectivity index (χ3v) is 3.36. The number of ether oxygens (including phenoxy) is 1. The number of aromatic nitrogens is 2. The normalized spacial score (nSPS) is 10.9. The molecule has 22 heavy (non-hydrogen) atoms. The largest absolute Gasteiger partial charge is 0.461 e. The molecule has 4 nitrogen and oxygen atoms in total. The summed E-state index contributed by atoms with van der Waals surface area (Å²) in [6, 6.07) is 12.2. The van der Waals surface area contributed by atoms with Crippen LogP contribution in [0.25, 0.3) is 16.5 Å². The number of fused-ring (bicyclic) bond motifs is 1. The summed E-state index contributed by atoms with van der Waals surface area (Å²) in [5, 5.41) is 5.90. The Bertz CT molecular complexity index is 855. The van der Waals surface area contributed by atoms with Crippen LogP contribution in [0.5, 0.6) is 0 Å². The Morgan fingerprint density at radius 2 is 1.91 bits per heavy atom. The number of carbonyl (C=O) groups is 1. The molecular formula is C17H15FN2O2. The zero-order valence-corrected chi connectivity index (χ0v) is 12.3. The summed E-state index contributed by atoms with van der Waals surface area (Å²) in [6.07, 6.45) is 0. The van der Waals surface area contributed by atoms with Crippen molar-refractivity contribution in [1.29, 1.82) is 0 Å². The molecule has 0 unspecified atom stereocenters. The van der Waals surface area contributed by atoms with Gasteiger partial charge in [-0.2, -0.15) is 5.10 Å². The van der Waals surface area contributed by atoms with Gasteiger partial charge in [-0.1, -0.05) is 24.3 Å². The van der Waals surface area contributed by atoms with E-state index < -0.39 is 11.8 Å². The summed E-state index contributed by atoms with van der Waals surface area (Å²) < 4.78 is 20.7. The van der Waals surface area contributed by atoms with E-state index in [-0.39, 0.29) is 18.0 Å². The van der Waals surface area contributed by atoms with Gasteiger partial charge in [-0.3, -0.25) is 0 Å². The number of hydrogen-bond acceptors (Lipinski definition) is 3. The molecule has 1 aromatic heterocycles. The first-order valence-electron chi connectivity index (χ1n) is 7.02. The second-order valence-corrected chi connectivity index (χ2v) is 4.95. The molecular weight excluding hydrogens is 283 g/mol. The topological polar surface area (TPSA) is 44.1 Å². The van der Waals surface area contributed by atoms with Crippen LogP contribution in [0.3, 0.4) is 0 Å². The van der Waals surface area contributed by atoms with Crippen LogP contribution >= 0.6 is 0 Å². The van der Waals surface area contributed by atoms with Crippen molar-refractivity contribution in [1.82, 2.24) is 9.78 Å². The lowest BCUT2D eigenvalue weighted by Gasteiger charge is -2.09. The van der Waals surface area contributed by atoms with Gasteiger partial charge in [0.05, 0.1) is 12.3 Å². The number of hydrogen-bond donors (Lipinski definition) is 0. The van der Waals surface area contributed by atoms with Gasteiger partial charge in [-0.15, -0.1) is 0 Å². The molecule has 0 N–H and O–H groups in total. The molecule has 0 spiro atoms. The van der Waals surface area contributed by atoms with E-state index in [2.05, 4.69) is 5.10 Å². The summed E-state index contributed by atoms with van der Waals surface area (Å²) in [7, 11) is 0. The lowest BCUT2D eigenvalue weighted by atomic mass is 10.1. The highest BCUT2D eigenvalue weighted by Crippen LogP contribution is 2.23. The molecule has 2 aromatic carbocycles. The van der Waals surface area contributed by atoms with Crippen molar-refractivity contribution in [2.24, 2.45) is 0 Å². The van der Waals surface area contributed by atoms with Gasteiger partial charge in [0.25, 0.3) is 0 Å². The van der Waals surface area contributed by atoms with Gasteiger partial charge in [-0.05, 0) is 42.8 Å². The smallest absolute Gasteiger partial charge is 0.357 e. The number of esters is 1. The van der Waals surface area contributed by atoms with Gasteiger partial charge in [0.15, 0.2) is 5.69 Å². The first kappa shape index (κ1) is 14.3. The van der Waals surface area contributed by atoms with Gasteiger partial charge in [0, 0.05) is 0 Å². The summed E-state index contributed by atoms with van der Waals surface area (Å²) in [4.78, 5) is 12.0. The zero-order chi connectivity index (χ0) is 15.7. The molecule has 112 valence electrons. The summed E-state index contributed by atoms with van der Waals surface area (Å²) in [5.74, 6) is -0.956. The second kappa shape index (κ2) is 5.60. The monoisotopic (exact) mass is 298 g/mol. The number of carbonyl (C=O) groups excluding carboxylic acids is 1. The fourth-order valence-corrected chi connectivity index (χ4v) is 2.40. The van der Waals surface area contributed by atoms with E-state index in [1.54, 1.807) is 26.0 Å². The lowest BCUT2D eigenvalue weighted by molar-refractivity contribution is 0.0515. The molecule has 3 aromatic rings. The van der Waals surface area contributed by atoms with Crippen molar-refractivity contribution in [3.8, 4) is 5.69 Å². The van der Waals surface area contributed by atoms with E-state index in [0.29, 0.717) is 5.69 Å². The molecule has 0 bridgehead atoms.